The van der Waals surface area contributed by atoms with Gasteiger partial charge in [-0.25, -0.2) is 0 Å². The van der Waals surface area contributed by atoms with Crippen LogP contribution in [0.5, 0.6) is 5.75 Å². The number of benzene rings is 2. The third-order valence-electron chi connectivity index (χ3n) is 4.51. The molecule has 26 heavy (non-hydrogen) atoms. The lowest BCUT2D eigenvalue weighted by Crippen LogP contribution is -2.10. The predicted molar refractivity (Wildman–Crippen MR) is 101 cm³/mol. The highest BCUT2D eigenvalue weighted by molar-refractivity contribution is 6.13. The topological polar surface area (TPSA) is 47.8 Å². The first kappa shape index (κ1) is 16.1. The van der Waals surface area contributed by atoms with E-state index in [0.29, 0.717) is 17.0 Å². The van der Waals surface area contributed by atoms with Crippen molar-refractivity contribution in [2.75, 3.05) is 0 Å². The van der Waals surface area contributed by atoms with Crippen LogP contribution in [0.15, 0.2) is 66.9 Å². The zero-order valence-corrected chi connectivity index (χ0v) is 14.5. The van der Waals surface area contributed by atoms with Crippen molar-refractivity contribution in [3.8, 4) is 5.75 Å². The first-order valence-corrected chi connectivity index (χ1v) is 8.38. The molecular formula is C22H17NO3. The van der Waals surface area contributed by atoms with Gasteiger partial charge in [0, 0.05) is 29.6 Å². The minimum absolute atomic E-state index is 0.180. The van der Waals surface area contributed by atoms with Crippen LogP contribution < -0.4 is 4.74 Å². The van der Waals surface area contributed by atoms with Gasteiger partial charge in [0.05, 0.1) is 5.52 Å². The van der Waals surface area contributed by atoms with E-state index < -0.39 is 5.97 Å². The number of nitrogens with zero attached hydrogens (tertiary/aromatic N) is 1. The molecule has 0 saturated heterocycles. The Balaban J connectivity index is 2.08. The molecule has 4 heteroatoms. The third kappa shape index (κ3) is 2.47. The molecule has 2 heterocycles. The van der Waals surface area contributed by atoms with E-state index in [-0.39, 0.29) is 5.78 Å². The van der Waals surface area contributed by atoms with Crippen LogP contribution in [0.1, 0.15) is 28.5 Å². The predicted octanol–water partition coefficient (Wildman–Crippen LogP) is 4.56. The molecule has 0 N–H and O–H groups in total. The zero-order valence-electron chi connectivity index (χ0n) is 14.5. The fourth-order valence-electron chi connectivity index (χ4n) is 3.39. The van der Waals surface area contributed by atoms with Crippen LogP contribution in [0.2, 0.25) is 0 Å². The van der Waals surface area contributed by atoms with E-state index in [9.17, 15) is 9.59 Å². The first-order valence-electron chi connectivity index (χ1n) is 8.38. The van der Waals surface area contributed by atoms with Gasteiger partial charge < -0.3 is 9.14 Å². The molecule has 0 aliphatic rings. The average Bonchev–Trinajstić information content (AvgIpc) is 2.93. The van der Waals surface area contributed by atoms with Crippen LogP contribution in [-0.2, 0) is 4.79 Å². The normalized spacial score (nSPS) is 11.0. The summed E-state index contributed by atoms with van der Waals surface area (Å²) in [5.74, 6) is -0.307. The monoisotopic (exact) mass is 343 g/mol. The second-order valence-electron chi connectivity index (χ2n) is 6.21. The number of fused-ring (bicyclic) bond motifs is 3. The molecule has 2 aromatic heterocycles. The van der Waals surface area contributed by atoms with Crippen LogP contribution in [0.4, 0.5) is 0 Å². The van der Waals surface area contributed by atoms with E-state index in [1.165, 1.54) is 6.92 Å². The SMILES string of the molecule is CC(=O)Oc1c(C)c2c3ccccc3ccn2c1C(=O)c1ccccc1. The Morgan fingerprint density at radius 2 is 1.62 bits per heavy atom. The van der Waals surface area contributed by atoms with Gasteiger partial charge in [-0.1, -0.05) is 54.6 Å². The van der Waals surface area contributed by atoms with Gasteiger partial charge in [0.1, 0.15) is 5.69 Å². The standard InChI is InChI=1S/C22H17NO3/c1-14-19-18-11-7-6-8-16(18)12-13-23(19)20(22(14)26-15(2)24)21(25)17-9-4-3-5-10-17/h3-13H,1-2H3. The number of pyridine rings is 1. The van der Waals surface area contributed by atoms with Crippen LogP contribution in [0, 0.1) is 6.92 Å². The lowest BCUT2D eigenvalue weighted by Gasteiger charge is -2.07. The number of hydrogen-bond donors (Lipinski definition) is 0. The minimum atomic E-state index is -0.449. The molecule has 128 valence electrons. The van der Waals surface area contributed by atoms with Gasteiger partial charge >= 0.3 is 5.97 Å². The summed E-state index contributed by atoms with van der Waals surface area (Å²) in [5, 5.41) is 2.07. The third-order valence-corrected chi connectivity index (χ3v) is 4.51. The number of carbonyl (C=O) groups is 2. The largest absolute Gasteiger partial charge is 0.424 e. The molecule has 0 radical (unpaired) electrons. The summed E-state index contributed by atoms with van der Waals surface area (Å²) in [6.07, 6.45) is 1.85. The van der Waals surface area contributed by atoms with Gasteiger partial charge in [-0.3, -0.25) is 9.59 Å². The Labute approximate surface area is 150 Å². The summed E-state index contributed by atoms with van der Waals surface area (Å²) < 4.78 is 7.30. The molecule has 0 spiro atoms. The Morgan fingerprint density at radius 1 is 0.923 bits per heavy atom. The van der Waals surface area contributed by atoms with Gasteiger partial charge in [-0.2, -0.15) is 0 Å². The second kappa shape index (κ2) is 6.15. The number of rotatable bonds is 3. The van der Waals surface area contributed by atoms with Crippen molar-refractivity contribution in [2.24, 2.45) is 0 Å². The van der Waals surface area contributed by atoms with Crippen molar-refractivity contribution in [3.05, 3.63) is 83.7 Å². The van der Waals surface area contributed by atoms with Gasteiger partial charge in [-0.15, -0.1) is 0 Å². The molecule has 0 atom stereocenters. The molecule has 0 aliphatic carbocycles. The summed E-state index contributed by atoms with van der Waals surface area (Å²) in [6, 6.07) is 18.9. The summed E-state index contributed by atoms with van der Waals surface area (Å²) in [7, 11) is 0. The fraction of sp³-hybridized carbons (Fsp3) is 0.0909. The summed E-state index contributed by atoms with van der Waals surface area (Å²) >= 11 is 0. The van der Waals surface area contributed by atoms with Gasteiger partial charge in [0.2, 0.25) is 5.78 Å². The van der Waals surface area contributed by atoms with Crippen LogP contribution in [-0.4, -0.2) is 16.2 Å². The van der Waals surface area contributed by atoms with E-state index in [1.54, 1.807) is 12.1 Å². The van der Waals surface area contributed by atoms with Crippen molar-refractivity contribution in [1.29, 1.82) is 0 Å². The summed E-state index contributed by atoms with van der Waals surface area (Å²) in [4.78, 5) is 24.9. The van der Waals surface area contributed by atoms with Crippen LogP contribution in [0.3, 0.4) is 0 Å². The molecular weight excluding hydrogens is 326 g/mol. The lowest BCUT2D eigenvalue weighted by molar-refractivity contribution is -0.131. The van der Waals surface area contributed by atoms with Crippen molar-refractivity contribution in [1.82, 2.24) is 4.40 Å². The van der Waals surface area contributed by atoms with Crippen molar-refractivity contribution in [2.45, 2.75) is 13.8 Å². The maximum Gasteiger partial charge on any atom is 0.308 e. The molecule has 4 nitrogen and oxygen atoms in total. The highest BCUT2D eigenvalue weighted by Gasteiger charge is 2.25. The number of ketones is 1. The molecule has 2 aromatic carbocycles. The molecule has 4 aromatic rings. The van der Waals surface area contributed by atoms with Crippen molar-refractivity contribution >= 4 is 28.0 Å². The molecule has 4 rings (SSSR count). The fourth-order valence-corrected chi connectivity index (χ4v) is 3.39. The minimum Gasteiger partial charge on any atom is -0.424 e. The maximum atomic E-state index is 13.2. The highest BCUT2D eigenvalue weighted by Crippen LogP contribution is 2.36. The molecule has 0 aliphatic heterocycles. The van der Waals surface area contributed by atoms with Crippen LogP contribution >= 0.6 is 0 Å². The molecule has 0 amide bonds. The Hall–Kier alpha value is -3.40. The number of hydrogen-bond acceptors (Lipinski definition) is 3. The van der Waals surface area contributed by atoms with E-state index >= 15 is 0 Å². The van der Waals surface area contributed by atoms with Crippen LogP contribution in [0.25, 0.3) is 16.3 Å². The quantitative estimate of drug-likeness (QED) is 0.405. The number of esters is 1. The lowest BCUT2D eigenvalue weighted by atomic mass is 10.1. The Kier molecular flexibility index (Phi) is 3.81. The van der Waals surface area contributed by atoms with Gasteiger partial charge in [0.25, 0.3) is 0 Å². The second-order valence-corrected chi connectivity index (χ2v) is 6.21. The zero-order chi connectivity index (χ0) is 18.3. The molecule has 0 bridgehead atoms. The van der Waals surface area contributed by atoms with E-state index in [1.807, 2.05) is 66.1 Å². The van der Waals surface area contributed by atoms with Gasteiger partial charge in [0.15, 0.2) is 5.75 Å². The number of aromatic nitrogens is 1. The summed E-state index contributed by atoms with van der Waals surface area (Å²) in [5.41, 5.74) is 2.56. The average molecular weight is 343 g/mol. The molecule has 0 fully saturated rings. The van der Waals surface area contributed by atoms with Crippen molar-refractivity contribution in [3.63, 3.8) is 0 Å². The van der Waals surface area contributed by atoms with Crippen molar-refractivity contribution < 1.29 is 14.3 Å². The Morgan fingerprint density at radius 3 is 2.35 bits per heavy atom. The first-order chi connectivity index (χ1) is 12.6. The number of carbonyl (C=O) groups excluding carboxylic acids is 2. The Bertz CT molecular complexity index is 1160. The maximum absolute atomic E-state index is 13.2. The van der Waals surface area contributed by atoms with E-state index in [2.05, 4.69) is 0 Å². The van der Waals surface area contributed by atoms with E-state index in [4.69, 9.17) is 4.74 Å². The number of ether oxygens (including phenoxy) is 1. The smallest absolute Gasteiger partial charge is 0.308 e. The number of aryl methyl sites for hydroxylation is 1. The highest BCUT2D eigenvalue weighted by atomic mass is 16.5. The molecule has 0 unspecified atom stereocenters. The van der Waals surface area contributed by atoms with E-state index in [0.717, 1.165) is 21.9 Å². The van der Waals surface area contributed by atoms with Gasteiger partial charge in [-0.05, 0) is 18.4 Å². The summed E-state index contributed by atoms with van der Waals surface area (Å²) in [6.45, 7) is 3.22. The molecule has 0 saturated carbocycles.